The molecular formula is C18H17F3. The lowest BCUT2D eigenvalue weighted by Crippen LogP contribution is -2.22. The van der Waals surface area contributed by atoms with E-state index in [1.807, 2.05) is 60.7 Å². The van der Waals surface area contributed by atoms with Crippen molar-refractivity contribution >= 4 is 0 Å². The SMILES string of the molecule is C=C(C(Cc1ccccc1)Cc1ccccc1)C(F)(F)F. The fourth-order valence-electron chi connectivity index (χ4n) is 2.35. The summed E-state index contributed by atoms with van der Waals surface area (Å²) < 4.78 is 39.0. The largest absolute Gasteiger partial charge is 0.412 e. The summed E-state index contributed by atoms with van der Waals surface area (Å²) >= 11 is 0. The van der Waals surface area contributed by atoms with E-state index in [2.05, 4.69) is 6.58 Å². The van der Waals surface area contributed by atoms with Gasteiger partial charge in [-0.15, -0.1) is 0 Å². The first-order valence-electron chi connectivity index (χ1n) is 6.80. The first kappa shape index (κ1) is 15.4. The van der Waals surface area contributed by atoms with Crippen LogP contribution in [-0.4, -0.2) is 6.18 Å². The Balaban J connectivity index is 2.20. The molecule has 2 aromatic carbocycles. The summed E-state index contributed by atoms with van der Waals surface area (Å²) in [6.07, 6.45) is -3.67. The number of hydrogen-bond donors (Lipinski definition) is 0. The Morgan fingerprint density at radius 3 is 1.52 bits per heavy atom. The normalized spacial score (nSPS) is 11.6. The molecular weight excluding hydrogens is 273 g/mol. The van der Waals surface area contributed by atoms with Crippen molar-refractivity contribution in [3.05, 3.63) is 83.9 Å². The van der Waals surface area contributed by atoms with Crippen molar-refractivity contribution in [2.45, 2.75) is 19.0 Å². The lowest BCUT2D eigenvalue weighted by Gasteiger charge is -2.22. The van der Waals surface area contributed by atoms with E-state index in [-0.39, 0.29) is 0 Å². The van der Waals surface area contributed by atoms with E-state index in [1.165, 1.54) is 0 Å². The summed E-state index contributed by atoms with van der Waals surface area (Å²) in [6.45, 7) is 3.29. The Labute approximate surface area is 122 Å². The minimum atomic E-state index is -4.35. The average Bonchev–Trinajstić information content (AvgIpc) is 2.47. The Morgan fingerprint density at radius 1 is 0.810 bits per heavy atom. The first-order chi connectivity index (χ1) is 9.97. The van der Waals surface area contributed by atoms with Gasteiger partial charge in [-0.05, 0) is 29.9 Å². The molecule has 0 aliphatic heterocycles. The van der Waals surface area contributed by atoms with Crippen molar-refractivity contribution in [2.75, 3.05) is 0 Å². The molecule has 0 aliphatic rings. The molecule has 0 N–H and O–H groups in total. The zero-order valence-corrected chi connectivity index (χ0v) is 11.6. The number of hydrogen-bond acceptors (Lipinski definition) is 0. The zero-order chi connectivity index (χ0) is 15.3. The summed E-state index contributed by atoms with van der Waals surface area (Å²) in [5.41, 5.74) is 1.13. The topological polar surface area (TPSA) is 0 Å². The summed E-state index contributed by atoms with van der Waals surface area (Å²) in [4.78, 5) is 0. The summed E-state index contributed by atoms with van der Waals surface area (Å²) in [7, 11) is 0. The van der Waals surface area contributed by atoms with E-state index < -0.39 is 17.7 Å². The molecule has 2 rings (SSSR count). The number of benzene rings is 2. The van der Waals surface area contributed by atoms with Crippen molar-refractivity contribution in [3.63, 3.8) is 0 Å². The van der Waals surface area contributed by atoms with Gasteiger partial charge in [0.05, 0.1) is 0 Å². The molecule has 2 aromatic rings. The predicted molar refractivity (Wildman–Crippen MR) is 79.0 cm³/mol. The standard InChI is InChI=1S/C18H17F3/c1-14(18(19,20)21)17(12-15-8-4-2-5-9-15)13-16-10-6-3-7-11-16/h2-11,17H,1,12-13H2. The van der Waals surface area contributed by atoms with Gasteiger partial charge in [-0.2, -0.15) is 13.2 Å². The van der Waals surface area contributed by atoms with E-state index in [0.717, 1.165) is 11.1 Å². The third-order valence-electron chi connectivity index (χ3n) is 3.51. The summed E-state index contributed by atoms with van der Waals surface area (Å²) in [5.74, 6) is -0.644. The van der Waals surface area contributed by atoms with Crippen molar-refractivity contribution in [1.82, 2.24) is 0 Å². The molecule has 0 fully saturated rings. The minimum Gasteiger partial charge on any atom is -0.166 e. The van der Waals surface area contributed by atoms with Gasteiger partial charge in [0, 0.05) is 5.57 Å². The Morgan fingerprint density at radius 2 is 1.19 bits per heavy atom. The van der Waals surface area contributed by atoms with Crippen molar-refractivity contribution < 1.29 is 13.2 Å². The molecule has 0 bridgehead atoms. The molecule has 110 valence electrons. The minimum absolute atomic E-state index is 0.341. The second-order valence-electron chi connectivity index (χ2n) is 5.10. The van der Waals surface area contributed by atoms with E-state index in [1.54, 1.807) is 0 Å². The van der Waals surface area contributed by atoms with Crippen LogP contribution >= 0.6 is 0 Å². The van der Waals surface area contributed by atoms with Crippen LogP contribution in [0.2, 0.25) is 0 Å². The second-order valence-corrected chi connectivity index (χ2v) is 5.10. The Kier molecular flexibility index (Phi) is 4.84. The number of allylic oxidation sites excluding steroid dienone is 1. The highest BCUT2D eigenvalue weighted by Crippen LogP contribution is 2.33. The number of rotatable bonds is 5. The van der Waals surface area contributed by atoms with E-state index in [4.69, 9.17) is 0 Å². The van der Waals surface area contributed by atoms with Crippen LogP contribution in [0.1, 0.15) is 11.1 Å². The third-order valence-corrected chi connectivity index (χ3v) is 3.51. The van der Waals surface area contributed by atoms with Gasteiger partial charge in [-0.3, -0.25) is 0 Å². The Bertz CT molecular complexity index is 529. The molecule has 0 saturated heterocycles. The summed E-state index contributed by atoms with van der Waals surface area (Å²) in [5, 5.41) is 0. The molecule has 0 amide bonds. The molecule has 0 spiro atoms. The van der Waals surface area contributed by atoms with E-state index in [0.29, 0.717) is 12.8 Å². The summed E-state index contributed by atoms with van der Waals surface area (Å²) in [6, 6.07) is 18.5. The van der Waals surface area contributed by atoms with E-state index in [9.17, 15) is 13.2 Å². The second kappa shape index (κ2) is 6.61. The fraction of sp³-hybridized carbons (Fsp3) is 0.222. The Hall–Kier alpha value is -2.03. The predicted octanol–water partition coefficient (Wildman–Crippen LogP) is 5.21. The molecule has 0 saturated carbocycles. The van der Waals surface area contributed by atoms with Gasteiger partial charge in [-0.25, -0.2) is 0 Å². The molecule has 3 heteroatoms. The highest BCUT2D eigenvalue weighted by atomic mass is 19.4. The monoisotopic (exact) mass is 290 g/mol. The van der Waals surface area contributed by atoms with Gasteiger partial charge in [0.15, 0.2) is 0 Å². The van der Waals surface area contributed by atoms with E-state index >= 15 is 0 Å². The highest BCUT2D eigenvalue weighted by Gasteiger charge is 2.36. The third kappa shape index (κ3) is 4.48. The number of halogens is 3. The van der Waals surface area contributed by atoms with Crippen molar-refractivity contribution in [1.29, 1.82) is 0 Å². The fourth-order valence-corrected chi connectivity index (χ4v) is 2.35. The van der Waals surface area contributed by atoms with Crippen LogP contribution < -0.4 is 0 Å². The van der Waals surface area contributed by atoms with Crippen molar-refractivity contribution in [2.24, 2.45) is 5.92 Å². The molecule has 0 heterocycles. The van der Waals surface area contributed by atoms with Crippen LogP contribution in [0.15, 0.2) is 72.8 Å². The van der Waals surface area contributed by atoms with Crippen LogP contribution in [0, 0.1) is 5.92 Å². The quantitative estimate of drug-likeness (QED) is 0.663. The van der Waals surface area contributed by atoms with Crippen LogP contribution in [0.25, 0.3) is 0 Å². The highest BCUT2D eigenvalue weighted by molar-refractivity contribution is 5.23. The average molecular weight is 290 g/mol. The molecule has 0 aromatic heterocycles. The van der Waals surface area contributed by atoms with Gasteiger partial charge in [0.25, 0.3) is 0 Å². The molecule has 0 aliphatic carbocycles. The molecule has 0 unspecified atom stereocenters. The molecule has 0 radical (unpaired) electrons. The molecule has 21 heavy (non-hydrogen) atoms. The van der Waals surface area contributed by atoms with Crippen LogP contribution in [0.3, 0.4) is 0 Å². The zero-order valence-electron chi connectivity index (χ0n) is 11.6. The van der Waals surface area contributed by atoms with Crippen LogP contribution in [0.4, 0.5) is 13.2 Å². The van der Waals surface area contributed by atoms with Gasteiger partial charge >= 0.3 is 6.18 Å². The van der Waals surface area contributed by atoms with Gasteiger partial charge in [-0.1, -0.05) is 67.2 Å². The lowest BCUT2D eigenvalue weighted by molar-refractivity contribution is -0.0985. The van der Waals surface area contributed by atoms with Gasteiger partial charge in [0.1, 0.15) is 0 Å². The maximum absolute atomic E-state index is 13.0. The lowest BCUT2D eigenvalue weighted by atomic mass is 9.87. The van der Waals surface area contributed by atoms with Crippen molar-refractivity contribution in [3.8, 4) is 0 Å². The molecule has 0 nitrogen and oxygen atoms in total. The smallest absolute Gasteiger partial charge is 0.166 e. The van der Waals surface area contributed by atoms with Gasteiger partial charge < -0.3 is 0 Å². The van der Waals surface area contributed by atoms with Crippen LogP contribution in [0.5, 0.6) is 0 Å². The maximum atomic E-state index is 13.0. The number of alkyl halides is 3. The first-order valence-corrected chi connectivity index (χ1v) is 6.80. The maximum Gasteiger partial charge on any atom is 0.412 e. The van der Waals surface area contributed by atoms with Gasteiger partial charge in [0.2, 0.25) is 0 Å². The molecule has 0 atom stereocenters. The van der Waals surface area contributed by atoms with Crippen LogP contribution in [-0.2, 0) is 12.8 Å².